The van der Waals surface area contributed by atoms with E-state index in [0.29, 0.717) is 29.3 Å². The molecular weight excluding hydrogens is 371 g/mol. The summed E-state index contributed by atoms with van der Waals surface area (Å²) in [5.74, 6) is 0.0218. The van der Waals surface area contributed by atoms with Crippen LogP contribution in [-0.4, -0.2) is 56.1 Å². The molecule has 1 fully saturated rings. The number of alkyl halides is 1. The van der Waals surface area contributed by atoms with Gasteiger partial charge in [-0.25, -0.2) is 4.39 Å². The van der Waals surface area contributed by atoms with Crippen molar-refractivity contribution in [1.29, 1.82) is 0 Å². The van der Waals surface area contributed by atoms with Crippen LogP contribution in [0.25, 0.3) is 0 Å². The zero-order valence-corrected chi connectivity index (χ0v) is 17.1. The predicted molar refractivity (Wildman–Crippen MR) is 104 cm³/mol. The molecule has 150 valence electrons. The highest BCUT2D eigenvalue weighted by Crippen LogP contribution is 2.23. The van der Waals surface area contributed by atoms with Gasteiger partial charge in [0.1, 0.15) is 11.9 Å². The largest absolute Gasteiger partial charge is 0.497 e. The fourth-order valence-corrected chi connectivity index (χ4v) is 3.19. The second-order valence-electron chi connectivity index (χ2n) is 8.06. The van der Waals surface area contributed by atoms with Crippen LogP contribution in [0.4, 0.5) is 4.39 Å². The Morgan fingerprint density at radius 1 is 1.33 bits per heavy atom. The molecule has 0 radical (unpaired) electrons. The number of hydrogen-bond donors (Lipinski definition) is 1. The van der Waals surface area contributed by atoms with E-state index in [2.05, 4.69) is 5.32 Å². The molecule has 1 aromatic rings. The summed E-state index contributed by atoms with van der Waals surface area (Å²) in [7, 11) is 1.50. The molecule has 2 atom stereocenters. The Balaban J connectivity index is 1.86. The normalized spacial score (nSPS) is 21.0. The number of rotatable bonds is 6. The first-order valence-electron chi connectivity index (χ1n) is 9.12. The van der Waals surface area contributed by atoms with E-state index in [0.717, 1.165) is 0 Å². The molecule has 1 heterocycles. The minimum absolute atomic E-state index is 0.108. The highest BCUT2D eigenvalue weighted by atomic mass is 35.5. The van der Waals surface area contributed by atoms with Gasteiger partial charge in [-0.1, -0.05) is 32.4 Å². The number of piperidine rings is 1. The van der Waals surface area contributed by atoms with E-state index in [9.17, 15) is 14.0 Å². The summed E-state index contributed by atoms with van der Waals surface area (Å²) in [6.07, 6.45) is -0.488. The molecule has 0 aliphatic carbocycles. The van der Waals surface area contributed by atoms with Gasteiger partial charge < -0.3 is 10.1 Å². The fraction of sp³-hybridized carbons (Fsp3) is 0.600. The number of ether oxygens (including phenoxy) is 1. The van der Waals surface area contributed by atoms with Gasteiger partial charge in [-0.15, -0.1) is 0 Å². The SMILES string of the molecule is COc1cc(Cl)cc(C(=O)NC[C@H]2CCN(CC(=O)C(C)(C)C)C[C@H]2F)c1. The molecule has 1 amide bonds. The van der Waals surface area contributed by atoms with Crippen molar-refractivity contribution in [2.75, 3.05) is 33.3 Å². The minimum atomic E-state index is -1.08. The molecule has 1 saturated heterocycles. The predicted octanol–water partition coefficient (Wildman–Crippen LogP) is 3.35. The van der Waals surface area contributed by atoms with Gasteiger partial charge in [0.05, 0.1) is 13.7 Å². The summed E-state index contributed by atoms with van der Waals surface area (Å²) in [4.78, 5) is 26.3. The maximum Gasteiger partial charge on any atom is 0.251 e. The van der Waals surface area contributed by atoms with Crippen molar-refractivity contribution in [1.82, 2.24) is 10.2 Å². The smallest absolute Gasteiger partial charge is 0.251 e. The Morgan fingerprint density at radius 3 is 2.63 bits per heavy atom. The average Bonchev–Trinajstić information content (AvgIpc) is 2.59. The third-order valence-corrected chi connectivity index (χ3v) is 5.08. The van der Waals surface area contributed by atoms with Crippen molar-refractivity contribution in [3.05, 3.63) is 28.8 Å². The van der Waals surface area contributed by atoms with E-state index in [1.165, 1.54) is 7.11 Å². The number of carbonyl (C=O) groups is 2. The van der Waals surface area contributed by atoms with E-state index in [-0.39, 0.29) is 37.2 Å². The monoisotopic (exact) mass is 398 g/mol. The number of carbonyl (C=O) groups excluding carboxylic acids is 2. The van der Waals surface area contributed by atoms with Crippen LogP contribution in [0.5, 0.6) is 5.75 Å². The first-order valence-corrected chi connectivity index (χ1v) is 9.50. The number of ketones is 1. The maximum absolute atomic E-state index is 14.5. The van der Waals surface area contributed by atoms with Crippen LogP contribution in [0.1, 0.15) is 37.6 Å². The van der Waals surface area contributed by atoms with Gasteiger partial charge in [-0.3, -0.25) is 14.5 Å². The highest BCUT2D eigenvalue weighted by Gasteiger charge is 2.32. The second kappa shape index (κ2) is 9.02. The van der Waals surface area contributed by atoms with E-state index in [1.807, 2.05) is 25.7 Å². The van der Waals surface area contributed by atoms with Gasteiger partial charge in [0.25, 0.3) is 5.91 Å². The van der Waals surface area contributed by atoms with Gasteiger partial charge in [0.2, 0.25) is 0 Å². The third kappa shape index (κ3) is 6.18. The molecule has 0 spiro atoms. The van der Waals surface area contributed by atoms with Crippen LogP contribution in [0, 0.1) is 11.3 Å². The molecule has 27 heavy (non-hydrogen) atoms. The molecule has 0 saturated carbocycles. The van der Waals surface area contributed by atoms with Crippen molar-refractivity contribution in [3.63, 3.8) is 0 Å². The number of benzene rings is 1. The molecule has 5 nitrogen and oxygen atoms in total. The van der Waals surface area contributed by atoms with Crippen molar-refractivity contribution < 1.29 is 18.7 Å². The van der Waals surface area contributed by atoms with Crippen molar-refractivity contribution in [2.45, 2.75) is 33.4 Å². The number of likely N-dealkylation sites (tertiary alicyclic amines) is 1. The van der Waals surface area contributed by atoms with Crippen molar-refractivity contribution in [3.8, 4) is 5.75 Å². The van der Waals surface area contributed by atoms with Gasteiger partial charge >= 0.3 is 0 Å². The Labute approximate surface area is 165 Å². The second-order valence-corrected chi connectivity index (χ2v) is 8.50. The summed E-state index contributed by atoms with van der Waals surface area (Å²) in [5, 5.41) is 3.18. The average molecular weight is 399 g/mol. The van der Waals surface area contributed by atoms with Crippen LogP contribution in [0.2, 0.25) is 5.02 Å². The van der Waals surface area contributed by atoms with E-state index in [4.69, 9.17) is 16.3 Å². The fourth-order valence-electron chi connectivity index (χ4n) is 2.97. The lowest BCUT2D eigenvalue weighted by atomic mass is 9.89. The van der Waals surface area contributed by atoms with Crippen LogP contribution >= 0.6 is 11.6 Å². The first kappa shape index (κ1) is 21.6. The maximum atomic E-state index is 14.5. The minimum Gasteiger partial charge on any atom is -0.497 e. The Hall–Kier alpha value is -1.66. The third-order valence-electron chi connectivity index (χ3n) is 4.86. The van der Waals surface area contributed by atoms with Gasteiger partial charge in [-0.2, -0.15) is 0 Å². The number of nitrogens with one attached hydrogen (secondary N) is 1. The van der Waals surface area contributed by atoms with E-state index < -0.39 is 11.6 Å². The topological polar surface area (TPSA) is 58.6 Å². The summed E-state index contributed by atoms with van der Waals surface area (Å²) < 4.78 is 19.6. The zero-order valence-electron chi connectivity index (χ0n) is 16.4. The number of hydrogen-bond acceptors (Lipinski definition) is 4. The van der Waals surface area contributed by atoms with Crippen LogP contribution in [-0.2, 0) is 4.79 Å². The quantitative estimate of drug-likeness (QED) is 0.798. The lowest BCUT2D eigenvalue weighted by molar-refractivity contribution is -0.128. The standard InChI is InChI=1S/C20H28ClFN2O3/c1-20(2,3)18(25)12-24-6-5-13(17(22)11-24)10-23-19(26)14-7-15(21)9-16(8-14)27-4/h7-9,13,17H,5-6,10-12H2,1-4H3,(H,23,26)/t13-,17-/m1/s1. The Kier molecular flexibility index (Phi) is 7.23. The Morgan fingerprint density at radius 2 is 2.04 bits per heavy atom. The molecular formula is C20H28ClFN2O3. The molecule has 0 bridgehead atoms. The summed E-state index contributed by atoms with van der Waals surface area (Å²) in [5.41, 5.74) is -0.0442. The van der Waals surface area contributed by atoms with Crippen LogP contribution in [0.3, 0.4) is 0 Å². The molecule has 0 aromatic heterocycles. The molecule has 1 aliphatic rings. The lowest BCUT2D eigenvalue weighted by Crippen LogP contribution is -2.48. The summed E-state index contributed by atoms with van der Waals surface area (Å²) >= 11 is 5.98. The molecule has 1 N–H and O–H groups in total. The number of nitrogens with zero attached hydrogens (tertiary/aromatic N) is 1. The molecule has 1 aromatic carbocycles. The first-order chi connectivity index (χ1) is 12.6. The van der Waals surface area contributed by atoms with Crippen molar-refractivity contribution in [2.24, 2.45) is 11.3 Å². The zero-order chi connectivity index (χ0) is 20.2. The number of halogens is 2. The van der Waals surface area contributed by atoms with E-state index >= 15 is 0 Å². The Bertz CT molecular complexity index is 690. The molecule has 0 unspecified atom stereocenters. The number of methoxy groups -OCH3 is 1. The molecule has 1 aliphatic heterocycles. The van der Waals surface area contributed by atoms with Crippen LogP contribution in [0.15, 0.2) is 18.2 Å². The van der Waals surface area contributed by atoms with Crippen LogP contribution < -0.4 is 10.1 Å². The summed E-state index contributed by atoms with van der Waals surface area (Å²) in [6.45, 7) is 6.99. The number of amides is 1. The van der Waals surface area contributed by atoms with Gasteiger partial charge in [0, 0.05) is 35.0 Å². The number of Topliss-reactive ketones (excluding diaryl/α,β-unsaturated/α-hetero) is 1. The van der Waals surface area contributed by atoms with Gasteiger partial charge in [-0.05, 0) is 31.2 Å². The summed E-state index contributed by atoms with van der Waals surface area (Å²) in [6, 6.07) is 4.76. The van der Waals surface area contributed by atoms with E-state index in [1.54, 1.807) is 18.2 Å². The highest BCUT2D eigenvalue weighted by molar-refractivity contribution is 6.31. The van der Waals surface area contributed by atoms with Crippen molar-refractivity contribution >= 4 is 23.3 Å². The van der Waals surface area contributed by atoms with Gasteiger partial charge in [0.15, 0.2) is 5.78 Å². The molecule has 2 rings (SSSR count). The lowest BCUT2D eigenvalue weighted by Gasteiger charge is -2.35. The molecule has 7 heteroatoms.